The van der Waals surface area contributed by atoms with Crippen molar-refractivity contribution in [1.82, 2.24) is 5.32 Å². The Labute approximate surface area is 103 Å². The van der Waals surface area contributed by atoms with Crippen LogP contribution in [0.5, 0.6) is 0 Å². The SMILES string of the molecule is CCOCCCNC1COCc2ccccc21. The van der Waals surface area contributed by atoms with Gasteiger partial charge in [-0.15, -0.1) is 0 Å². The highest BCUT2D eigenvalue weighted by atomic mass is 16.5. The first-order valence-corrected chi connectivity index (χ1v) is 6.38. The average Bonchev–Trinajstić information content (AvgIpc) is 2.39. The van der Waals surface area contributed by atoms with E-state index in [1.54, 1.807) is 0 Å². The van der Waals surface area contributed by atoms with Gasteiger partial charge in [-0.2, -0.15) is 0 Å². The van der Waals surface area contributed by atoms with E-state index in [1.165, 1.54) is 11.1 Å². The van der Waals surface area contributed by atoms with Crippen molar-refractivity contribution in [1.29, 1.82) is 0 Å². The summed E-state index contributed by atoms with van der Waals surface area (Å²) in [7, 11) is 0. The number of nitrogens with one attached hydrogen (secondary N) is 1. The summed E-state index contributed by atoms with van der Waals surface area (Å²) < 4.78 is 10.9. The largest absolute Gasteiger partial charge is 0.382 e. The molecule has 0 spiro atoms. The molecule has 0 radical (unpaired) electrons. The summed E-state index contributed by atoms with van der Waals surface area (Å²) in [5.41, 5.74) is 2.69. The molecule has 2 rings (SSSR count). The zero-order valence-electron chi connectivity index (χ0n) is 10.4. The Morgan fingerprint density at radius 3 is 3.18 bits per heavy atom. The molecule has 3 heteroatoms. The third-order valence-corrected chi connectivity index (χ3v) is 3.03. The first-order chi connectivity index (χ1) is 8.42. The molecule has 1 aromatic rings. The summed E-state index contributed by atoms with van der Waals surface area (Å²) in [6.45, 7) is 6.15. The molecule has 0 fully saturated rings. The van der Waals surface area contributed by atoms with E-state index in [0.29, 0.717) is 6.04 Å². The fourth-order valence-electron chi connectivity index (χ4n) is 2.15. The van der Waals surface area contributed by atoms with Crippen LogP contribution in [0.1, 0.15) is 30.5 Å². The minimum atomic E-state index is 0.335. The molecule has 94 valence electrons. The second kappa shape index (κ2) is 6.74. The van der Waals surface area contributed by atoms with Gasteiger partial charge in [-0.05, 0) is 31.0 Å². The van der Waals surface area contributed by atoms with Gasteiger partial charge in [0.15, 0.2) is 0 Å². The Kier molecular flexibility index (Phi) is 4.98. The van der Waals surface area contributed by atoms with Gasteiger partial charge in [-0.1, -0.05) is 24.3 Å². The molecule has 17 heavy (non-hydrogen) atoms. The van der Waals surface area contributed by atoms with Crippen molar-refractivity contribution in [2.24, 2.45) is 0 Å². The molecule has 0 saturated heterocycles. The van der Waals surface area contributed by atoms with Crippen LogP contribution in [0.4, 0.5) is 0 Å². The van der Waals surface area contributed by atoms with Gasteiger partial charge in [0.2, 0.25) is 0 Å². The lowest BCUT2D eigenvalue weighted by Crippen LogP contribution is -2.30. The molecule has 0 aromatic heterocycles. The molecule has 0 bridgehead atoms. The van der Waals surface area contributed by atoms with Gasteiger partial charge in [0.25, 0.3) is 0 Å². The molecular weight excluding hydrogens is 214 g/mol. The van der Waals surface area contributed by atoms with Crippen molar-refractivity contribution in [2.75, 3.05) is 26.4 Å². The number of fused-ring (bicyclic) bond motifs is 1. The molecule has 0 saturated carbocycles. The summed E-state index contributed by atoms with van der Waals surface area (Å²) in [6, 6.07) is 8.83. The van der Waals surface area contributed by atoms with Crippen molar-refractivity contribution in [3.05, 3.63) is 35.4 Å². The molecule has 1 aliphatic heterocycles. The Hall–Kier alpha value is -0.900. The summed E-state index contributed by atoms with van der Waals surface area (Å²) in [5, 5.41) is 3.53. The van der Waals surface area contributed by atoms with E-state index in [2.05, 4.69) is 29.6 Å². The third kappa shape index (κ3) is 3.53. The maximum absolute atomic E-state index is 5.59. The van der Waals surface area contributed by atoms with E-state index in [0.717, 1.165) is 39.4 Å². The third-order valence-electron chi connectivity index (χ3n) is 3.03. The first-order valence-electron chi connectivity index (χ1n) is 6.38. The Balaban J connectivity index is 1.82. The predicted molar refractivity (Wildman–Crippen MR) is 68.0 cm³/mol. The topological polar surface area (TPSA) is 30.5 Å². The molecule has 1 N–H and O–H groups in total. The second-order valence-corrected chi connectivity index (χ2v) is 4.27. The summed E-state index contributed by atoms with van der Waals surface area (Å²) in [6.07, 6.45) is 1.05. The molecule has 1 aliphatic rings. The van der Waals surface area contributed by atoms with E-state index < -0.39 is 0 Å². The Morgan fingerprint density at radius 2 is 2.29 bits per heavy atom. The number of ether oxygens (including phenoxy) is 2. The standard InChI is InChI=1S/C14H21NO2/c1-2-16-9-5-8-15-14-11-17-10-12-6-3-4-7-13(12)14/h3-4,6-7,14-15H,2,5,8-11H2,1H3. The van der Waals surface area contributed by atoms with Crippen LogP contribution >= 0.6 is 0 Å². The van der Waals surface area contributed by atoms with Crippen molar-refractivity contribution in [2.45, 2.75) is 26.0 Å². The van der Waals surface area contributed by atoms with E-state index in [4.69, 9.17) is 9.47 Å². The lowest BCUT2D eigenvalue weighted by atomic mass is 9.99. The highest BCUT2D eigenvalue weighted by Crippen LogP contribution is 2.24. The summed E-state index contributed by atoms with van der Waals surface area (Å²) >= 11 is 0. The van der Waals surface area contributed by atoms with Crippen molar-refractivity contribution >= 4 is 0 Å². The fraction of sp³-hybridized carbons (Fsp3) is 0.571. The maximum Gasteiger partial charge on any atom is 0.0721 e. The quantitative estimate of drug-likeness (QED) is 0.767. The van der Waals surface area contributed by atoms with Crippen LogP contribution in [0, 0.1) is 0 Å². The molecule has 1 aromatic carbocycles. The van der Waals surface area contributed by atoms with Crippen LogP contribution in [0.15, 0.2) is 24.3 Å². The van der Waals surface area contributed by atoms with Gasteiger partial charge in [0, 0.05) is 13.2 Å². The van der Waals surface area contributed by atoms with E-state index in [-0.39, 0.29) is 0 Å². The van der Waals surface area contributed by atoms with E-state index in [9.17, 15) is 0 Å². The maximum atomic E-state index is 5.59. The minimum Gasteiger partial charge on any atom is -0.382 e. The van der Waals surface area contributed by atoms with Crippen LogP contribution in [0.25, 0.3) is 0 Å². The lowest BCUT2D eigenvalue weighted by molar-refractivity contribution is 0.0805. The number of rotatable bonds is 6. The number of benzene rings is 1. The number of hydrogen-bond acceptors (Lipinski definition) is 3. The van der Waals surface area contributed by atoms with Gasteiger partial charge in [0.1, 0.15) is 0 Å². The average molecular weight is 235 g/mol. The number of hydrogen-bond donors (Lipinski definition) is 1. The summed E-state index contributed by atoms with van der Waals surface area (Å²) in [4.78, 5) is 0. The predicted octanol–water partition coefficient (Wildman–Crippen LogP) is 2.27. The van der Waals surface area contributed by atoms with Gasteiger partial charge in [-0.3, -0.25) is 0 Å². The monoisotopic (exact) mass is 235 g/mol. The second-order valence-electron chi connectivity index (χ2n) is 4.27. The van der Waals surface area contributed by atoms with Crippen molar-refractivity contribution in [3.63, 3.8) is 0 Å². The normalized spacial score (nSPS) is 19.0. The Morgan fingerprint density at radius 1 is 1.41 bits per heavy atom. The van der Waals surface area contributed by atoms with Crippen LogP contribution in [0.3, 0.4) is 0 Å². The highest BCUT2D eigenvalue weighted by molar-refractivity contribution is 5.30. The molecule has 0 aliphatic carbocycles. The highest BCUT2D eigenvalue weighted by Gasteiger charge is 2.19. The molecule has 1 atom stereocenters. The smallest absolute Gasteiger partial charge is 0.0721 e. The summed E-state index contributed by atoms with van der Waals surface area (Å²) in [5.74, 6) is 0. The van der Waals surface area contributed by atoms with Crippen molar-refractivity contribution < 1.29 is 9.47 Å². The van der Waals surface area contributed by atoms with E-state index in [1.807, 2.05) is 6.92 Å². The van der Waals surface area contributed by atoms with Crippen LogP contribution in [0.2, 0.25) is 0 Å². The Bertz CT molecular complexity index is 341. The first kappa shape index (κ1) is 12.6. The van der Waals surface area contributed by atoms with Crippen LogP contribution in [-0.4, -0.2) is 26.4 Å². The zero-order valence-corrected chi connectivity index (χ0v) is 10.4. The van der Waals surface area contributed by atoms with Crippen molar-refractivity contribution in [3.8, 4) is 0 Å². The lowest BCUT2D eigenvalue weighted by Gasteiger charge is -2.26. The zero-order chi connectivity index (χ0) is 11.9. The molecule has 1 unspecified atom stereocenters. The van der Waals surface area contributed by atoms with Gasteiger partial charge in [-0.25, -0.2) is 0 Å². The molecule has 1 heterocycles. The fourth-order valence-corrected chi connectivity index (χ4v) is 2.15. The minimum absolute atomic E-state index is 0.335. The molecular formula is C14H21NO2. The molecule has 0 amide bonds. The van der Waals surface area contributed by atoms with Gasteiger partial charge >= 0.3 is 0 Å². The van der Waals surface area contributed by atoms with Gasteiger partial charge in [0.05, 0.1) is 19.3 Å². The van der Waals surface area contributed by atoms with Gasteiger partial charge < -0.3 is 14.8 Å². The van der Waals surface area contributed by atoms with E-state index >= 15 is 0 Å². The van der Waals surface area contributed by atoms with Crippen LogP contribution < -0.4 is 5.32 Å². The van der Waals surface area contributed by atoms with Crippen LogP contribution in [-0.2, 0) is 16.1 Å². The molecule has 3 nitrogen and oxygen atoms in total.